The number of carbonyl (C=O) groups excluding carboxylic acids is 1. The normalized spacial score (nSPS) is 25.4. The Kier molecular flexibility index (Phi) is 2.90. The van der Waals surface area contributed by atoms with Gasteiger partial charge >= 0.3 is 5.97 Å². The van der Waals surface area contributed by atoms with Gasteiger partial charge in [0.15, 0.2) is 5.16 Å². The molecule has 1 amide bonds. The lowest BCUT2D eigenvalue weighted by Crippen LogP contribution is -2.51. The first-order valence-corrected chi connectivity index (χ1v) is 8.42. The SMILES string of the molecule is O=C(O)C1=CS[C@@H]2/C(=C\c3cn4c(n3)SCCC4)C(=O)N12. The van der Waals surface area contributed by atoms with Crippen molar-refractivity contribution >= 4 is 41.5 Å². The number of aromatic nitrogens is 2. The summed E-state index contributed by atoms with van der Waals surface area (Å²) in [6, 6.07) is 0. The van der Waals surface area contributed by atoms with E-state index in [0.717, 1.165) is 29.6 Å². The first kappa shape index (κ1) is 13.0. The van der Waals surface area contributed by atoms with E-state index >= 15 is 0 Å². The van der Waals surface area contributed by atoms with E-state index in [0.29, 0.717) is 5.57 Å². The van der Waals surface area contributed by atoms with E-state index in [1.54, 1.807) is 17.8 Å². The van der Waals surface area contributed by atoms with Crippen molar-refractivity contribution in [1.82, 2.24) is 14.5 Å². The van der Waals surface area contributed by atoms with Gasteiger partial charge in [0.05, 0.1) is 11.3 Å². The van der Waals surface area contributed by atoms with Gasteiger partial charge in [-0.2, -0.15) is 0 Å². The number of carbonyl (C=O) groups is 2. The zero-order valence-electron chi connectivity index (χ0n) is 10.9. The fourth-order valence-electron chi connectivity index (χ4n) is 2.59. The summed E-state index contributed by atoms with van der Waals surface area (Å²) in [5.41, 5.74) is 1.45. The van der Waals surface area contributed by atoms with E-state index in [1.165, 1.54) is 22.1 Å². The zero-order chi connectivity index (χ0) is 14.6. The van der Waals surface area contributed by atoms with Crippen LogP contribution in [0.5, 0.6) is 0 Å². The Morgan fingerprint density at radius 2 is 2.38 bits per heavy atom. The first-order chi connectivity index (χ1) is 10.1. The fraction of sp³-hybridized carbons (Fsp3) is 0.308. The highest BCUT2D eigenvalue weighted by molar-refractivity contribution is 8.03. The van der Waals surface area contributed by atoms with Crippen molar-refractivity contribution < 1.29 is 14.7 Å². The predicted molar refractivity (Wildman–Crippen MR) is 79.5 cm³/mol. The number of hydrogen-bond acceptors (Lipinski definition) is 5. The topological polar surface area (TPSA) is 75.4 Å². The number of rotatable bonds is 2. The number of aliphatic carboxylic acids is 1. The number of fused-ring (bicyclic) bond motifs is 2. The second kappa shape index (κ2) is 4.67. The summed E-state index contributed by atoms with van der Waals surface area (Å²) >= 11 is 3.07. The predicted octanol–water partition coefficient (Wildman–Crippen LogP) is 1.60. The summed E-state index contributed by atoms with van der Waals surface area (Å²) < 4.78 is 2.10. The molecule has 1 aromatic rings. The van der Waals surface area contributed by atoms with E-state index < -0.39 is 5.97 Å². The molecule has 8 heteroatoms. The van der Waals surface area contributed by atoms with Crippen molar-refractivity contribution in [3.8, 4) is 0 Å². The van der Waals surface area contributed by atoms with Crippen LogP contribution in [0.4, 0.5) is 0 Å². The summed E-state index contributed by atoms with van der Waals surface area (Å²) in [4.78, 5) is 29.0. The van der Waals surface area contributed by atoms with Crippen LogP contribution in [0, 0.1) is 0 Å². The molecule has 6 nitrogen and oxygen atoms in total. The Hall–Kier alpha value is -1.67. The number of aryl methyl sites for hydroxylation is 1. The number of imidazole rings is 1. The minimum atomic E-state index is -1.06. The van der Waals surface area contributed by atoms with Gasteiger partial charge in [0.1, 0.15) is 11.1 Å². The fourth-order valence-corrected chi connectivity index (χ4v) is 4.64. The van der Waals surface area contributed by atoms with Crippen LogP contribution in [0.3, 0.4) is 0 Å². The van der Waals surface area contributed by atoms with Gasteiger partial charge < -0.3 is 9.67 Å². The molecule has 1 aromatic heterocycles. The number of amides is 1. The summed E-state index contributed by atoms with van der Waals surface area (Å²) in [5.74, 6) is -0.229. The zero-order valence-corrected chi connectivity index (χ0v) is 12.5. The molecule has 0 aromatic carbocycles. The molecule has 4 rings (SSSR count). The van der Waals surface area contributed by atoms with Gasteiger partial charge in [-0.3, -0.25) is 9.69 Å². The second-order valence-electron chi connectivity index (χ2n) is 4.92. The third-order valence-electron chi connectivity index (χ3n) is 3.59. The van der Waals surface area contributed by atoms with Crippen molar-refractivity contribution in [2.24, 2.45) is 0 Å². The van der Waals surface area contributed by atoms with Crippen molar-refractivity contribution in [1.29, 1.82) is 0 Å². The van der Waals surface area contributed by atoms with Crippen molar-refractivity contribution in [2.75, 3.05) is 5.75 Å². The monoisotopic (exact) mass is 321 g/mol. The number of nitrogens with zero attached hydrogens (tertiary/aromatic N) is 3. The lowest BCUT2D eigenvalue weighted by molar-refractivity contribution is -0.141. The van der Waals surface area contributed by atoms with Gasteiger partial charge in [0, 0.05) is 23.9 Å². The Labute approximate surface area is 128 Å². The molecule has 1 atom stereocenters. The van der Waals surface area contributed by atoms with Crippen LogP contribution in [0.1, 0.15) is 12.1 Å². The Bertz CT molecular complexity index is 699. The molecule has 0 saturated carbocycles. The van der Waals surface area contributed by atoms with Gasteiger partial charge in [0.25, 0.3) is 5.91 Å². The molecule has 0 radical (unpaired) electrons. The number of thioether (sulfide) groups is 2. The second-order valence-corrected chi connectivity index (χ2v) is 6.93. The van der Waals surface area contributed by atoms with Crippen LogP contribution < -0.4 is 0 Å². The highest BCUT2D eigenvalue weighted by Crippen LogP contribution is 2.45. The highest BCUT2D eigenvalue weighted by atomic mass is 32.2. The molecule has 0 aliphatic carbocycles. The largest absolute Gasteiger partial charge is 0.477 e. The third kappa shape index (κ3) is 1.93. The molecule has 4 heterocycles. The summed E-state index contributed by atoms with van der Waals surface area (Å²) in [5, 5.41) is 11.3. The van der Waals surface area contributed by atoms with Crippen molar-refractivity contribution in [3.05, 3.63) is 28.6 Å². The molecule has 0 unspecified atom stereocenters. The van der Waals surface area contributed by atoms with E-state index in [2.05, 4.69) is 9.55 Å². The summed E-state index contributed by atoms with van der Waals surface area (Å²) in [7, 11) is 0. The number of β-lactam (4-membered cyclic amide) rings is 1. The molecule has 0 bridgehead atoms. The third-order valence-corrected chi connectivity index (χ3v) is 5.75. The molecular weight excluding hydrogens is 310 g/mol. The average Bonchev–Trinajstić information content (AvgIpc) is 3.05. The van der Waals surface area contributed by atoms with Gasteiger partial charge in [-0.25, -0.2) is 9.78 Å². The van der Waals surface area contributed by atoms with E-state index in [-0.39, 0.29) is 17.0 Å². The minimum absolute atomic E-state index is 0.0619. The molecule has 1 saturated heterocycles. The average molecular weight is 321 g/mol. The highest BCUT2D eigenvalue weighted by Gasteiger charge is 2.49. The molecule has 1 fully saturated rings. The molecular formula is C13H11N3O3S2. The van der Waals surface area contributed by atoms with E-state index in [9.17, 15) is 9.59 Å². The van der Waals surface area contributed by atoms with Crippen LogP contribution >= 0.6 is 23.5 Å². The molecule has 21 heavy (non-hydrogen) atoms. The van der Waals surface area contributed by atoms with Crippen LogP contribution in [-0.4, -0.2) is 42.6 Å². The van der Waals surface area contributed by atoms with Crippen LogP contribution in [0.25, 0.3) is 6.08 Å². The summed E-state index contributed by atoms with van der Waals surface area (Å²) in [6.07, 6.45) is 4.86. The maximum atomic E-state index is 12.1. The summed E-state index contributed by atoms with van der Waals surface area (Å²) in [6.45, 7) is 0.960. The molecule has 108 valence electrons. The van der Waals surface area contributed by atoms with Gasteiger partial charge in [-0.1, -0.05) is 11.8 Å². The Morgan fingerprint density at radius 3 is 3.14 bits per heavy atom. The number of carboxylic acids is 1. The van der Waals surface area contributed by atoms with Crippen molar-refractivity contribution in [3.63, 3.8) is 0 Å². The van der Waals surface area contributed by atoms with Crippen LogP contribution in [-0.2, 0) is 16.1 Å². The smallest absolute Gasteiger partial charge is 0.353 e. The van der Waals surface area contributed by atoms with Gasteiger partial charge in [-0.05, 0) is 12.5 Å². The van der Waals surface area contributed by atoms with E-state index in [4.69, 9.17) is 5.11 Å². The van der Waals surface area contributed by atoms with Crippen LogP contribution in [0.2, 0.25) is 0 Å². The lowest BCUT2D eigenvalue weighted by Gasteiger charge is -2.36. The Balaban J connectivity index is 1.60. The van der Waals surface area contributed by atoms with Gasteiger partial charge in [0.2, 0.25) is 0 Å². The maximum absolute atomic E-state index is 12.1. The van der Waals surface area contributed by atoms with Crippen molar-refractivity contribution in [2.45, 2.75) is 23.5 Å². The van der Waals surface area contributed by atoms with Gasteiger partial charge in [-0.15, -0.1) is 11.8 Å². The number of carboxylic acid groups (broad SMARTS) is 1. The molecule has 1 N–H and O–H groups in total. The minimum Gasteiger partial charge on any atom is -0.477 e. The lowest BCUT2D eigenvalue weighted by atomic mass is 10.0. The van der Waals surface area contributed by atoms with Crippen LogP contribution in [0.15, 0.2) is 28.0 Å². The number of hydrogen-bond donors (Lipinski definition) is 1. The molecule has 3 aliphatic heterocycles. The first-order valence-electron chi connectivity index (χ1n) is 6.49. The Morgan fingerprint density at radius 1 is 1.52 bits per heavy atom. The standard InChI is InChI=1S/C13H11N3O3S2/c17-10-8(11-16(10)9(6-21-11)12(18)19)4-7-5-15-2-1-3-20-13(15)14-7/h4-6,11H,1-3H2,(H,18,19)/b8-4-/t11-/m1/s1. The molecule has 0 spiro atoms. The van der Waals surface area contributed by atoms with E-state index in [1.807, 2.05) is 6.20 Å². The quantitative estimate of drug-likeness (QED) is 0.659. The molecule has 3 aliphatic rings. The maximum Gasteiger partial charge on any atom is 0.353 e.